The van der Waals surface area contributed by atoms with Crippen LogP contribution in [0, 0.1) is 17.0 Å². The predicted octanol–water partition coefficient (Wildman–Crippen LogP) is 3.90. The lowest BCUT2D eigenvalue weighted by Crippen LogP contribution is -2.52. The number of methoxy groups -OCH3 is 1. The molecule has 168 valence electrons. The molecule has 1 fully saturated rings. The molecule has 1 heterocycles. The van der Waals surface area contributed by atoms with E-state index >= 15 is 0 Å². The van der Waals surface area contributed by atoms with Crippen molar-refractivity contribution in [2.75, 3.05) is 20.3 Å². The van der Waals surface area contributed by atoms with Gasteiger partial charge >= 0.3 is 0 Å². The van der Waals surface area contributed by atoms with Gasteiger partial charge in [-0.3, -0.25) is 14.9 Å². The third-order valence-electron chi connectivity index (χ3n) is 6.33. The highest BCUT2D eigenvalue weighted by atomic mass is 28.4. The van der Waals surface area contributed by atoms with Crippen LogP contribution in [-0.4, -0.2) is 61.6 Å². The monoisotopic (exact) mass is 438 g/mol. The van der Waals surface area contributed by atoms with Crippen molar-refractivity contribution in [1.82, 2.24) is 4.90 Å². The fourth-order valence-electron chi connectivity index (χ4n) is 3.35. The lowest BCUT2D eigenvalue weighted by atomic mass is 9.98. The molecule has 1 aliphatic rings. The van der Waals surface area contributed by atoms with Gasteiger partial charge in [0.1, 0.15) is 11.3 Å². The van der Waals surface area contributed by atoms with Crippen LogP contribution in [0.4, 0.5) is 5.69 Å². The first-order valence-corrected chi connectivity index (χ1v) is 13.2. The average molecular weight is 439 g/mol. The number of hydrogen-bond acceptors (Lipinski definition) is 6. The number of rotatable bonds is 6. The maximum absolute atomic E-state index is 13.4. The van der Waals surface area contributed by atoms with E-state index in [9.17, 15) is 20.0 Å². The third kappa shape index (κ3) is 5.19. The number of ether oxygens (including phenoxy) is 1. The van der Waals surface area contributed by atoms with Crippen molar-refractivity contribution >= 4 is 19.9 Å². The molecule has 0 bridgehead atoms. The topological polar surface area (TPSA) is 102 Å². The van der Waals surface area contributed by atoms with Gasteiger partial charge in [-0.05, 0) is 43.5 Å². The zero-order chi connectivity index (χ0) is 22.9. The Bertz CT molecular complexity index is 805. The lowest BCUT2D eigenvalue weighted by molar-refractivity contribution is -0.385. The molecule has 2 rings (SSSR count). The number of nitrogens with zero attached hydrogens (tertiary/aromatic N) is 2. The lowest BCUT2D eigenvalue weighted by Gasteiger charge is -2.42. The number of carbonyl (C=O) groups excluding carboxylic acids is 1. The predicted molar refractivity (Wildman–Crippen MR) is 118 cm³/mol. The van der Waals surface area contributed by atoms with E-state index in [0.29, 0.717) is 37.3 Å². The molecule has 0 spiro atoms. The minimum atomic E-state index is -2.05. The Kier molecular flexibility index (Phi) is 7.31. The van der Waals surface area contributed by atoms with Gasteiger partial charge in [-0.2, -0.15) is 0 Å². The van der Waals surface area contributed by atoms with E-state index < -0.39 is 25.3 Å². The van der Waals surface area contributed by atoms with Gasteiger partial charge in [0.25, 0.3) is 11.6 Å². The summed E-state index contributed by atoms with van der Waals surface area (Å²) in [5, 5.41) is 21.8. The molecule has 8 nitrogen and oxygen atoms in total. The van der Waals surface area contributed by atoms with Crippen LogP contribution >= 0.6 is 0 Å². The van der Waals surface area contributed by atoms with E-state index in [1.165, 1.54) is 19.2 Å². The molecule has 0 unspecified atom stereocenters. The second-order valence-electron chi connectivity index (χ2n) is 9.50. The summed E-state index contributed by atoms with van der Waals surface area (Å²) in [4.78, 5) is 26.0. The Balaban J connectivity index is 2.35. The van der Waals surface area contributed by atoms with Crippen LogP contribution in [-0.2, 0) is 4.43 Å². The first kappa shape index (κ1) is 24.3. The number of piperidine rings is 1. The molecule has 0 aromatic heterocycles. The number of hydrogen-bond donors (Lipinski definition) is 1. The Morgan fingerprint density at radius 3 is 2.53 bits per heavy atom. The van der Waals surface area contributed by atoms with E-state index in [4.69, 9.17) is 9.16 Å². The molecule has 1 aliphatic heterocycles. The summed E-state index contributed by atoms with van der Waals surface area (Å²) in [5.74, 6) is -0.00852. The highest BCUT2D eigenvalue weighted by molar-refractivity contribution is 6.74. The van der Waals surface area contributed by atoms with Crippen molar-refractivity contribution < 1.29 is 24.0 Å². The minimum Gasteiger partial charge on any atom is -0.496 e. The molecule has 1 saturated heterocycles. The van der Waals surface area contributed by atoms with Gasteiger partial charge in [-0.25, -0.2) is 0 Å². The van der Waals surface area contributed by atoms with Crippen LogP contribution in [0.5, 0.6) is 5.75 Å². The summed E-state index contributed by atoms with van der Waals surface area (Å²) in [6.07, 6.45) is 0.292. The molecule has 0 aliphatic carbocycles. The van der Waals surface area contributed by atoms with Crippen LogP contribution < -0.4 is 4.74 Å². The zero-order valence-electron chi connectivity index (χ0n) is 19.0. The largest absolute Gasteiger partial charge is 0.496 e. The number of nitro groups is 1. The summed E-state index contributed by atoms with van der Waals surface area (Å²) in [5.41, 5.74) is 0.345. The summed E-state index contributed by atoms with van der Waals surface area (Å²) in [6.45, 7) is 13.0. The number of aliphatic hydroxyl groups excluding tert-OH is 1. The van der Waals surface area contributed by atoms with Gasteiger partial charge in [0.2, 0.25) is 0 Å². The van der Waals surface area contributed by atoms with Crippen molar-refractivity contribution in [2.24, 2.45) is 0 Å². The number of nitro benzene ring substituents is 1. The molecular weight excluding hydrogens is 404 g/mol. The zero-order valence-corrected chi connectivity index (χ0v) is 20.0. The second kappa shape index (κ2) is 9.03. The SMILES string of the molecule is COc1cc(C(=O)N2CC[C@@H](O)C[C@H]2CO[Si](C)(C)C(C)(C)C)c([N+](=O)[O-])cc1C. The van der Waals surface area contributed by atoms with Crippen molar-refractivity contribution in [1.29, 1.82) is 0 Å². The molecular formula is C21H34N2O6Si. The van der Waals surface area contributed by atoms with E-state index in [1.807, 2.05) is 0 Å². The summed E-state index contributed by atoms with van der Waals surface area (Å²) >= 11 is 0. The highest BCUT2D eigenvalue weighted by Gasteiger charge is 2.40. The van der Waals surface area contributed by atoms with Crippen LogP contribution in [0.2, 0.25) is 18.1 Å². The number of amides is 1. The van der Waals surface area contributed by atoms with Crippen LogP contribution in [0.25, 0.3) is 0 Å². The molecule has 9 heteroatoms. The number of likely N-dealkylation sites (tertiary alicyclic amines) is 1. The maximum atomic E-state index is 13.4. The molecule has 1 N–H and O–H groups in total. The summed E-state index contributed by atoms with van der Waals surface area (Å²) in [7, 11) is -0.586. The number of carbonyl (C=O) groups is 1. The van der Waals surface area contributed by atoms with Gasteiger partial charge < -0.3 is 19.2 Å². The number of benzene rings is 1. The first-order valence-electron chi connectivity index (χ1n) is 10.2. The van der Waals surface area contributed by atoms with Crippen molar-refractivity contribution in [3.05, 3.63) is 33.4 Å². The number of aliphatic hydroxyl groups is 1. The fraction of sp³-hybridized carbons (Fsp3) is 0.667. The van der Waals surface area contributed by atoms with Crippen LogP contribution in [0.15, 0.2) is 12.1 Å². The van der Waals surface area contributed by atoms with Crippen LogP contribution in [0.3, 0.4) is 0 Å². The van der Waals surface area contributed by atoms with E-state index in [0.717, 1.165) is 0 Å². The van der Waals surface area contributed by atoms with Gasteiger partial charge in [-0.1, -0.05) is 20.8 Å². The standard InChI is InChI=1S/C21H34N2O6Si/c1-14-10-18(23(26)27)17(12-19(14)28-5)20(25)22-9-8-16(24)11-15(22)13-29-30(6,7)21(2,3)4/h10,12,15-16,24H,8-9,11,13H2,1-7H3/t15-,16+/m0/s1. The molecule has 2 atom stereocenters. The first-order chi connectivity index (χ1) is 13.8. The Labute approximate surface area is 179 Å². The van der Waals surface area contributed by atoms with Gasteiger partial charge in [0.05, 0.1) is 30.8 Å². The number of aryl methyl sites for hydroxylation is 1. The van der Waals surface area contributed by atoms with Gasteiger partial charge in [0.15, 0.2) is 8.32 Å². The molecule has 0 radical (unpaired) electrons. The van der Waals surface area contributed by atoms with Crippen molar-refractivity contribution in [3.8, 4) is 5.75 Å². The highest BCUT2D eigenvalue weighted by Crippen LogP contribution is 2.37. The fourth-order valence-corrected chi connectivity index (χ4v) is 4.39. The maximum Gasteiger partial charge on any atom is 0.282 e. The molecule has 1 amide bonds. The molecule has 30 heavy (non-hydrogen) atoms. The van der Waals surface area contributed by atoms with Gasteiger partial charge in [-0.15, -0.1) is 0 Å². The quantitative estimate of drug-likeness (QED) is 0.410. The average Bonchev–Trinajstić information content (AvgIpc) is 2.64. The molecule has 0 saturated carbocycles. The molecule has 1 aromatic rings. The Morgan fingerprint density at radius 2 is 2.00 bits per heavy atom. The summed E-state index contributed by atoms with van der Waals surface area (Å²) < 4.78 is 11.6. The summed E-state index contributed by atoms with van der Waals surface area (Å²) in [6, 6.07) is 2.46. The minimum absolute atomic E-state index is 0.00355. The Hall–Kier alpha value is -1.97. The second-order valence-corrected chi connectivity index (χ2v) is 14.3. The Morgan fingerprint density at radius 1 is 1.37 bits per heavy atom. The smallest absolute Gasteiger partial charge is 0.282 e. The van der Waals surface area contributed by atoms with E-state index in [2.05, 4.69) is 33.9 Å². The third-order valence-corrected chi connectivity index (χ3v) is 10.8. The van der Waals surface area contributed by atoms with E-state index in [1.54, 1.807) is 11.8 Å². The molecule has 1 aromatic carbocycles. The normalized spacial score (nSPS) is 20.2. The van der Waals surface area contributed by atoms with Crippen molar-refractivity contribution in [2.45, 2.75) is 70.8 Å². The van der Waals surface area contributed by atoms with E-state index in [-0.39, 0.29) is 22.3 Å². The van der Waals surface area contributed by atoms with Crippen LogP contribution in [0.1, 0.15) is 49.5 Å². The van der Waals surface area contributed by atoms with Crippen molar-refractivity contribution in [3.63, 3.8) is 0 Å². The van der Waals surface area contributed by atoms with Gasteiger partial charge in [0, 0.05) is 18.7 Å².